The molecule has 0 aromatic carbocycles. The second-order valence-corrected chi connectivity index (χ2v) is 6.99. The average molecular weight is 325 g/mol. The van der Waals surface area contributed by atoms with Crippen molar-refractivity contribution >= 4 is 11.9 Å². The normalized spacial score (nSPS) is 24.6. The Balaban J connectivity index is 1.79. The Bertz CT molecular complexity index is 406. The van der Waals surface area contributed by atoms with E-state index in [-0.39, 0.29) is 18.4 Å². The Morgan fingerprint density at radius 1 is 1.17 bits per heavy atom. The Labute approximate surface area is 139 Å². The van der Waals surface area contributed by atoms with Crippen LogP contribution in [0.25, 0.3) is 0 Å². The summed E-state index contributed by atoms with van der Waals surface area (Å²) in [5, 5.41) is 2.70. The van der Waals surface area contributed by atoms with Gasteiger partial charge in [0, 0.05) is 18.6 Å². The molecule has 6 nitrogen and oxygen atoms in total. The number of nitrogens with one attached hydrogen (secondary N) is 1. The molecule has 1 amide bonds. The molecule has 0 radical (unpaired) electrons. The second-order valence-electron chi connectivity index (χ2n) is 6.99. The number of amides is 1. The molecule has 23 heavy (non-hydrogen) atoms. The first-order valence-corrected chi connectivity index (χ1v) is 8.84. The molecule has 2 fully saturated rings. The van der Waals surface area contributed by atoms with Crippen LogP contribution in [0.1, 0.15) is 39.5 Å². The number of piperidine rings is 2. The van der Waals surface area contributed by atoms with Crippen molar-refractivity contribution < 1.29 is 14.3 Å². The molecule has 132 valence electrons. The van der Waals surface area contributed by atoms with Gasteiger partial charge in [-0.05, 0) is 59.2 Å². The highest BCUT2D eigenvalue weighted by Gasteiger charge is 2.32. The minimum absolute atomic E-state index is 0.00321. The quantitative estimate of drug-likeness (QED) is 0.760. The maximum absolute atomic E-state index is 12.2. The molecule has 2 saturated heterocycles. The minimum atomic E-state index is -0.396. The summed E-state index contributed by atoms with van der Waals surface area (Å²) >= 11 is 0. The van der Waals surface area contributed by atoms with Gasteiger partial charge in [-0.25, -0.2) is 0 Å². The summed E-state index contributed by atoms with van der Waals surface area (Å²) < 4.78 is 4.56. The molecule has 0 bridgehead atoms. The molecule has 1 atom stereocenters. The van der Waals surface area contributed by atoms with Gasteiger partial charge >= 0.3 is 5.97 Å². The van der Waals surface area contributed by atoms with Gasteiger partial charge in [0.15, 0.2) is 0 Å². The lowest BCUT2D eigenvalue weighted by Gasteiger charge is -2.43. The van der Waals surface area contributed by atoms with Crippen LogP contribution in [-0.2, 0) is 14.3 Å². The molecule has 0 saturated carbocycles. The van der Waals surface area contributed by atoms with Crippen LogP contribution in [0.4, 0.5) is 0 Å². The monoisotopic (exact) mass is 325 g/mol. The smallest absolute Gasteiger partial charge is 0.325 e. The number of esters is 1. The third-order valence-electron chi connectivity index (χ3n) is 5.20. The number of carbonyl (C=O) groups is 2. The molecule has 0 spiro atoms. The van der Waals surface area contributed by atoms with Crippen LogP contribution in [0.5, 0.6) is 0 Å². The van der Waals surface area contributed by atoms with Crippen molar-refractivity contribution in [3.05, 3.63) is 0 Å². The van der Waals surface area contributed by atoms with Crippen molar-refractivity contribution in [1.82, 2.24) is 15.1 Å². The van der Waals surface area contributed by atoms with E-state index in [4.69, 9.17) is 0 Å². The van der Waals surface area contributed by atoms with Gasteiger partial charge in [-0.3, -0.25) is 14.5 Å². The zero-order valence-electron chi connectivity index (χ0n) is 14.7. The van der Waals surface area contributed by atoms with Crippen LogP contribution in [0, 0.1) is 5.92 Å². The maximum Gasteiger partial charge on any atom is 0.325 e. The standard InChI is InChI=1S/C17H31N3O3/c1-13(2)19-9-6-15(7-10-19)20-8-4-5-14(12-20)17(22)18-11-16(21)23-3/h13-15H,4-12H2,1-3H3,(H,18,22). The van der Waals surface area contributed by atoms with Crippen LogP contribution < -0.4 is 5.32 Å². The van der Waals surface area contributed by atoms with Gasteiger partial charge in [-0.1, -0.05) is 0 Å². The van der Waals surface area contributed by atoms with Crippen molar-refractivity contribution in [1.29, 1.82) is 0 Å². The second kappa shape index (κ2) is 8.64. The van der Waals surface area contributed by atoms with Crippen molar-refractivity contribution in [2.45, 2.75) is 51.6 Å². The molecule has 2 rings (SSSR count). The highest BCUT2D eigenvalue weighted by molar-refractivity contribution is 5.83. The lowest BCUT2D eigenvalue weighted by Crippen LogP contribution is -2.51. The largest absolute Gasteiger partial charge is 0.468 e. The zero-order chi connectivity index (χ0) is 16.8. The van der Waals surface area contributed by atoms with Gasteiger partial charge < -0.3 is 15.0 Å². The van der Waals surface area contributed by atoms with Crippen molar-refractivity contribution in [2.24, 2.45) is 5.92 Å². The van der Waals surface area contributed by atoms with Gasteiger partial charge in [0.2, 0.25) is 5.91 Å². The molecular weight excluding hydrogens is 294 g/mol. The van der Waals surface area contributed by atoms with E-state index < -0.39 is 5.97 Å². The van der Waals surface area contributed by atoms with E-state index in [1.54, 1.807) is 0 Å². The van der Waals surface area contributed by atoms with E-state index in [2.05, 4.69) is 33.7 Å². The van der Waals surface area contributed by atoms with E-state index in [1.807, 2.05) is 0 Å². The van der Waals surface area contributed by atoms with Crippen molar-refractivity contribution in [2.75, 3.05) is 39.8 Å². The van der Waals surface area contributed by atoms with Crippen LogP contribution in [0.2, 0.25) is 0 Å². The summed E-state index contributed by atoms with van der Waals surface area (Å²) in [7, 11) is 1.33. The van der Waals surface area contributed by atoms with E-state index in [0.29, 0.717) is 12.1 Å². The molecule has 1 unspecified atom stereocenters. The van der Waals surface area contributed by atoms with E-state index in [0.717, 1.165) is 39.0 Å². The first kappa shape index (κ1) is 18.2. The number of hydrogen-bond acceptors (Lipinski definition) is 5. The predicted octanol–water partition coefficient (Wildman–Crippen LogP) is 0.860. The van der Waals surface area contributed by atoms with Gasteiger partial charge in [-0.2, -0.15) is 0 Å². The van der Waals surface area contributed by atoms with Crippen molar-refractivity contribution in [3.8, 4) is 0 Å². The molecule has 2 aliphatic heterocycles. The van der Waals surface area contributed by atoms with Gasteiger partial charge in [-0.15, -0.1) is 0 Å². The third kappa shape index (κ3) is 5.18. The van der Waals surface area contributed by atoms with Gasteiger partial charge in [0.1, 0.15) is 6.54 Å². The number of methoxy groups -OCH3 is 1. The number of hydrogen-bond donors (Lipinski definition) is 1. The molecule has 1 N–H and O–H groups in total. The minimum Gasteiger partial charge on any atom is -0.468 e. The highest BCUT2D eigenvalue weighted by Crippen LogP contribution is 2.24. The molecular formula is C17H31N3O3. The molecule has 6 heteroatoms. The molecule has 2 aliphatic rings. The Hall–Kier alpha value is -1.14. The topological polar surface area (TPSA) is 61.9 Å². The summed E-state index contributed by atoms with van der Waals surface area (Å²) in [4.78, 5) is 28.4. The fourth-order valence-electron chi connectivity index (χ4n) is 3.70. The zero-order valence-corrected chi connectivity index (χ0v) is 14.7. The third-order valence-corrected chi connectivity index (χ3v) is 5.20. The van der Waals surface area contributed by atoms with Crippen molar-refractivity contribution in [3.63, 3.8) is 0 Å². The van der Waals surface area contributed by atoms with E-state index in [9.17, 15) is 9.59 Å². The average Bonchev–Trinajstić information content (AvgIpc) is 2.59. The number of rotatable bonds is 5. The molecule has 0 aromatic heterocycles. The predicted molar refractivity (Wildman–Crippen MR) is 89.1 cm³/mol. The number of ether oxygens (including phenoxy) is 1. The lowest BCUT2D eigenvalue weighted by molar-refractivity contribution is -0.142. The maximum atomic E-state index is 12.2. The SMILES string of the molecule is COC(=O)CNC(=O)C1CCCN(C2CCN(C(C)C)CC2)C1. The first-order valence-electron chi connectivity index (χ1n) is 8.84. The van der Waals surface area contributed by atoms with Gasteiger partial charge in [0.05, 0.1) is 13.0 Å². The summed E-state index contributed by atoms with van der Waals surface area (Å²) in [6.45, 7) is 8.69. The number of likely N-dealkylation sites (tertiary alicyclic amines) is 2. The van der Waals surface area contributed by atoms with E-state index >= 15 is 0 Å². The van der Waals surface area contributed by atoms with E-state index in [1.165, 1.54) is 20.0 Å². The summed E-state index contributed by atoms with van der Waals surface area (Å²) in [6, 6.07) is 1.22. The van der Waals surface area contributed by atoms with Crippen LogP contribution in [0.15, 0.2) is 0 Å². The molecule has 0 aromatic rings. The van der Waals surface area contributed by atoms with Crippen LogP contribution in [0.3, 0.4) is 0 Å². The number of carbonyl (C=O) groups excluding carboxylic acids is 2. The van der Waals surface area contributed by atoms with Crippen LogP contribution >= 0.6 is 0 Å². The summed E-state index contributed by atoms with van der Waals surface area (Å²) in [5.74, 6) is -0.414. The summed E-state index contributed by atoms with van der Waals surface area (Å²) in [6.07, 6.45) is 4.35. The van der Waals surface area contributed by atoms with Gasteiger partial charge in [0.25, 0.3) is 0 Å². The fraction of sp³-hybridized carbons (Fsp3) is 0.882. The Kier molecular flexibility index (Phi) is 6.84. The fourth-order valence-corrected chi connectivity index (χ4v) is 3.70. The van der Waals surface area contributed by atoms with Crippen LogP contribution in [-0.4, -0.2) is 73.6 Å². The Morgan fingerprint density at radius 3 is 2.48 bits per heavy atom. The summed E-state index contributed by atoms with van der Waals surface area (Å²) in [5.41, 5.74) is 0. The molecule has 2 heterocycles. The highest BCUT2D eigenvalue weighted by atomic mass is 16.5. The number of nitrogens with zero attached hydrogens (tertiary/aromatic N) is 2. The molecule has 0 aliphatic carbocycles. The Morgan fingerprint density at radius 2 is 1.87 bits per heavy atom. The lowest BCUT2D eigenvalue weighted by atomic mass is 9.93. The first-order chi connectivity index (χ1) is 11.0.